The zero-order chi connectivity index (χ0) is 18.4. The zero-order valence-electron chi connectivity index (χ0n) is 15.2. The number of carbonyl (C=O) groups is 3. The first-order chi connectivity index (χ1) is 11.7. The van der Waals surface area contributed by atoms with Crippen LogP contribution in [0.2, 0.25) is 0 Å². The lowest BCUT2D eigenvalue weighted by Crippen LogP contribution is -2.46. The van der Waals surface area contributed by atoms with E-state index in [1.165, 1.54) is 34.6 Å². The molecule has 6 nitrogen and oxygen atoms in total. The molecule has 0 saturated heterocycles. The van der Waals surface area contributed by atoms with Crippen molar-refractivity contribution in [1.82, 2.24) is 16.2 Å². The van der Waals surface area contributed by atoms with Crippen LogP contribution in [0.4, 0.5) is 0 Å². The molecule has 0 aliphatic heterocycles. The number of hydrazine groups is 1. The molecular weight excluding hydrogens is 338 g/mol. The number of amides is 3. The van der Waals surface area contributed by atoms with Gasteiger partial charge in [-0.2, -0.15) is 0 Å². The van der Waals surface area contributed by atoms with Gasteiger partial charge in [0.2, 0.25) is 5.91 Å². The number of hydrogen-bond acceptors (Lipinski definition) is 4. The van der Waals surface area contributed by atoms with Crippen LogP contribution in [0.3, 0.4) is 0 Å². The number of carbonyl (C=O) groups excluding carboxylic acids is 3. The van der Waals surface area contributed by atoms with Crippen molar-refractivity contribution in [2.75, 3.05) is 6.54 Å². The van der Waals surface area contributed by atoms with Gasteiger partial charge in [0.05, 0.1) is 11.4 Å². The molecule has 0 radical (unpaired) electrons. The molecule has 7 heteroatoms. The molecule has 1 aromatic heterocycles. The van der Waals surface area contributed by atoms with E-state index in [0.29, 0.717) is 11.3 Å². The molecule has 0 spiro atoms. The second-order valence-corrected chi connectivity index (χ2v) is 8.77. The maximum atomic E-state index is 12.2. The normalized spacial score (nSPS) is 14.2. The monoisotopic (exact) mass is 365 g/mol. The highest BCUT2D eigenvalue weighted by atomic mass is 32.1. The van der Waals surface area contributed by atoms with E-state index in [2.05, 4.69) is 16.2 Å². The van der Waals surface area contributed by atoms with Gasteiger partial charge in [0.1, 0.15) is 0 Å². The van der Waals surface area contributed by atoms with Crippen molar-refractivity contribution >= 4 is 29.1 Å². The average Bonchev–Trinajstić information content (AvgIpc) is 2.80. The number of rotatable bonds is 4. The second kappa shape index (κ2) is 8.47. The first kappa shape index (κ1) is 19.4. The van der Waals surface area contributed by atoms with E-state index in [0.717, 1.165) is 19.3 Å². The molecule has 3 N–H and O–H groups in total. The lowest BCUT2D eigenvalue weighted by atomic mass is 9.92. The molecule has 0 atom stereocenters. The largest absolute Gasteiger partial charge is 0.347 e. The fourth-order valence-electron chi connectivity index (χ4n) is 2.73. The standard InChI is InChI=1S/C18H27N3O3S/c1-18(2,3)10-15(22)19-11-16(23)20-21-17(24)14-9-12-7-5-4-6-8-13(12)25-14/h9H,4-8,10-11H2,1-3H3,(H,19,22)(H,20,23)(H,21,24). The number of aryl methyl sites for hydroxylation is 2. The SMILES string of the molecule is CC(C)(C)CC(=O)NCC(=O)NNC(=O)c1cc2c(s1)CCCCC2. The molecule has 0 saturated carbocycles. The van der Waals surface area contributed by atoms with Gasteiger partial charge in [0.15, 0.2) is 0 Å². The molecule has 1 aromatic rings. The highest BCUT2D eigenvalue weighted by molar-refractivity contribution is 7.14. The molecule has 3 amide bonds. The van der Waals surface area contributed by atoms with E-state index in [4.69, 9.17) is 0 Å². The Bertz CT molecular complexity index is 623. The molecule has 1 aliphatic rings. The molecule has 25 heavy (non-hydrogen) atoms. The first-order valence-corrected chi connectivity index (χ1v) is 9.54. The van der Waals surface area contributed by atoms with Gasteiger partial charge in [-0.3, -0.25) is 25.2 Å². The van der Waals surface area contributed by atoms with Gasteiger partial charge in [0, 0.05) is 11.3 Å². The lowest BCUT2D eigenvalue weighted by molar-refractivity contribution is -0.127. The van der Waals surface area contributed by atoms with Crippen LogP contribution >= 0.6 is 11.3 Å². The fourth-order valence-corrected chi connectivity index (χ4v) is 3.88. The summed E-state index contributed by atoms with van der Waals surface area (Å²) in [5.74, 6) is -0.947. The van der Waals surface area contributed by atoms with Crippen molar-refractivity contribution in [3.05, 3.63) is 21.4 Å². The molecule has 0 fully saturated rings. The van der Waals surface area contributed by atoms with Crippen molar-refractivity contribution in [2.24, 2.45) is 5.41 Å². The number of hydrogen-bond donors (Lipinski definition) is 3. The maximum Gasteiger partial charge on any atom is 0.279 e. The van der Waals surface area contributed by atoms with E-state index in [9.17, 15) is 14.4 Å². The van der Waals surface area contributed by atoms with E-state index < -0.39 is 5.91 Å². The Morgan fingerprint density at radius 3 is 2.48 bits per heavy atom. The number of thiophene rings is 1. The fraction of sp³-hybridized carbons (Fsp3) is 0.611. The van der Waals surface area contributed by atoms with E-state index in [-0.39, 0.29) is 23.8 Å². The summed E-state index contributed by atoms with van der Waals surface area (Å²) in [7, 11) is 0. The Balaban J connectivity index is 1.76. The third kappa shape index (κ3) is 6.49. The second-order valence-electron chi connectivity index (χ2n) is 7.64. The van der Waals surface area contributed by atoms with Gasteiger partial charge in [0.25, 0.3) is 11.8 Å². The molecule has 0 unspecified atom stereocenters. The predicted molar refractivity (Wildman–Crippen MR) is 98.3 cm³/mol. The average molecular weight is 365 g/mol. The van der Waals surface area contributed by atoms with Crippen LogP contribution in [0.15, 0.2) is 6.07 Å². The number of nitrogens with one attached hydrogen (secondary N) is 3. The minimum Gasteiger partial charge on any atom is -0.347 e. The topological polar surface area (TPSA) is 87.3 Å². The van der Waals surface area contributed by atoms with Crippen LogP contribution < -0.4 is 16.2 Å². The zero-order valence-corrected chi connectivity index (χ0v) is 16.0. The van der Waals surface area contributed by atoms with Crippen LogP contribution in [0, 0.1) is 5.41 Å². The van der Waals surface area contributed by atoms with Gasteiger partial charge >= 0.3 is 0 Å². The van der Waals surface area contributed by atoms with Gasteiger partial charge < -0.3 is 5.32 Å². The van der Waals surface area contributed by atoms with Crippen molar-refractivity contribution in [2.45, 2.75) is 59.3 Å². The van der Waals surface area contributed by atoms with Crippen molar-refractivity contribution < 1.29 is 14.4 Å². The highest BCUT2D eigenvalue weighted by Crippen LogP contribution is 2.28. The van der Waals surface area contributed by atoms with Gasteiger partial charge in [-0.15, -0.1) is 11.3 Å². The van der Waals surface area contributed by atoms with Crippen molar-refractivity contribution in [1.29, 1.82) is 0 Å². The van der Waals surface area contributed by atoms with Crippen LogP contribution in [0.25, 0.3) is 0 Å². The molecule has 1 heterocycles. The highest BCUT2D eigenvalue weighted by Gasteiger charge is 2.18. The summed E-state index contributed by atoms with van der Waals surface area (Å²) in [6, 6.07) is 1.93. The van der Waals surface area contributed by atoms with E-state index in [1.54, 1.807) is 0 Å². The smallest absolute Gasteiger partial charge is 0.279 e. The van der Waals surface area contributed by atoms with E-state index in [1.807, 2.05) is 26.8 Å². The summed E-state index contributed by atoms with van der Waals surface area (Å²) in [5.41, 5.74) is 5.89. The number of fused-ring (bicyclic) bond motifs is 1. The quantitative estimate of drug-likeness (QED) is 0.565. The lowest BCUT2D eigenvalue weighted by Gasteiger charge is -2.17. The Kier molecular flexibility index (Phi) is 6.58. The third-order valence-corrected chi connectivity index (χ3v) is 5.16. The van der Waals surface area contributed by atoms with Crippen LogP contribution in [0.1, 0.15) is 66.6 Å². The van der Waals surface area contributed by atoms with E-state index >= 15 is 0 Å². The first-order valence-electron chi connectivity index (χ1n) is 8.72. The van der Waals surface area contributed by atoms with Gasteiger partial charge in [-0.25, -0.2) is 0 Å². The van der Waals surface area contributed by atoms with Gasteiger partial charge in [-0.1, -0.05) is 27.2 Å². The third-order valence-electron chi connectivity index (χ3n) is 3.92. The minimum absolute atomic E-state index is 0.133. The molecule has 2 rings (SSSR count). The molecule has 138 valence electrons. The van der Waals surface area contributed by atoms with Gasteiger partial charge in [-0.05, 0) is 42.7 Å². The summed E-state index contributed by atoms with van der Waals surface area (Å²) in [5, 5.41) is 2.55. The summed E-state index contributed by atoms with van der Waals surface area (Å²) in [6.07, 6.45) is 5.95. The predicted octanol–water partition coefficient (Wildman–Crippen LogP) is 2.33. The molecule has 0 bridgehead atoms. The molecular formula is C18H27N3O3S. The molecule has 0 aromatic carbocycles. The summed E-state index contributed by atoms with van der Waals surface area (Å²) < 4.78 is 0. The van der Waals surface area contributed by atoms with Crippen molar-refractivity contribution in [3.63, 3.8) is 0 Å². The maximum absolute atomic E-state index is 12.2. The summed E-state index contributed by atoms with van der Waals surface area (Å²) in [4.78, 5) is 37.5. The Hall–Kier alpha value is -1.89. The van der Waals surface area contributed by atoms with Crippen LogP contribution in [-0.2, 0) is 22.4 Å². The minimum atomic E-state index is -0.450. The summed E-state index contributed by atoms with van der Waals surface area (Å²) in [6.45, 7) is 5.70. The van der Waals surface area contributed by atoms with Crippen LogP contribution in [-0.4, -0.2) is 24.3 Å². The molecule has 1 aliphatic carbocycles. The van der Waals surface area contributed by atoms with Crippen LogP contribution in [0.5, 0.6) is 0 Å². The van der Waals surface area contributed by atoms with Crippen molar-refractivity contribution in [3.8, 4) is 0 Å². The Morgan fingerprint density at radius 1 is 1.04 bits per heavy atom. The Morgan fingerprint density at radius 2 is 1.76 bits per heavy atom. The summed E-state index contributed by atoms with van der Waals surface area (Å²) >= 11 is 1.50. The Labute approximate surface area is 152 Å².